The Morgan fingerprint density at radius 1 is 1.37 bits per heavy atom. The molecule has 0 aromatic carbocycles. The molecule has 3 aromatic rings. The van der Waals surface area contributed by atoms with E-state index in [2.05, 4.69) is 20.3 Å². The normalized spacial score (nSPS) is 13.8. The molecule has 0 radical (unpaired) electrons. The number of hydrogen-bond acceptors (Lipinski definition) is 9. The maximum atomic E-state index is 12.5. The summed E-state index contributed by atoms with van der Waals surface area (Å²) in [5.41, 5.74) is 7.46. The molecule has 0 spiro atoms. The number of hydrogen-bond donors (Lipinski definition) is 3. The van der Waals surface area contributed by atoms with Crippen LogP contribution in [0.3, 0.4) is 0 Å². The molecule has 0 bridgehead atoms. The van der Waals surface area contributed by atoms with Crippen molar-refractivity contribution in [1.29, 1.82) is 5.41 Å². The molecule has 1 aliphatic heterocycles. The van der Waals surface area contributed by atoms with Crippen molar-refractivity contribution in [2.24, 2.45) is 0 Å². The first kappa shape index (κ1) is 20.0. The summed E-state index contributed by atoms with van der Waals surface area (Å²) in [7, 11) is 0. The van der Waals surface area contributed by atoms with Crippen LogP contribution in [0.15, 0.2) is 18.6 Å². The molecule has 3 aromatic heterocycles. The maximum absolute atomic E-state index is 12.5. The summed E-state index contributed by atoms with van der Waals surface area (Å²) in [5.74, 6) is 1.20. The Hall–Kier alpha value is -3.27. The van der Waals surface area contributed by atoms with Gasteiger partial charge in [-0.15, -0.1) is 11.3 Å². The fraction of sp³-hybridized carbons (Fsp3) is 0.350. The average Bonchev–Trinajstić information content (AvgIpc) is 3.06. The first-order valence-electron chi connectivity index (χ1n) is 9.51. The number of nitrogens with one attached hydrogen (secondary N) is 2. The Kier molecular flexibility index (Phi) is 5.02. The molecule has 1 amide bonds. The molecule has 10 heteroatoms. The van der Waals surface area contributed by atoms with E-state index in [9.17, 15) is 4.79 Å². The second kappa shape index (κ2) is 7.52. The molecule has 9 nitrogen and oxygen atoms in total. The number of fused-ring (bicyclic) bond motifs is 3. The van der Waals surface area contributed by atoms with Crippen molar-refractivity contribution in [1.82, 2.24) is 19.9 Å². The van der Waals surface area contributed by atoms with E-state index in [1.807, 2.05) is 20.8 Å². The van der Waals surface area contributed by atoms with Crippen molar-refractivity contribution in [2.75, 3.05) is 17.6 Å². The van der Waals surface area contributed by atoms with Crippen LogP contribution >= 0.6 is 11.3 Å². The number of carbonyl (C=O) groups excluding carboxylic acids is 1. The first-order valence-corrected chi connectivity index (χ1v) is 10.3. The van der Waals surface area contributed by atoms with E-state index in [0.29, 0.717) is 42.4 Å². The standard InChI is InChI=1S/C20H23N7O2S/c1-20(2,3)29-19(28)27-5-4-12-14(9-27)30-18-16(12)17(24-10-25-18)26-15-6-11(7-21)13(22)8-23-15/h6-8,10,21H,4-5,9,22H2,1-3H3,(H,23,24,25,26). The van der Waals surface area contributed by atoms with Gasteiger partial charge in [-0.25, -0.2) is 19.7 Å². The molecule has 4 N–H and O–H groups in total. The Labute approximate surface area is 177 Å². The van der Waals surface area contributed by atoms with Crippen LogP contribution in [0.1, 0.15) is 36.8 Å². The van der Waals surface area contributed by atoms with E-state index in [1.54, 1.807) is 22.3 Å². The van der Waals surface area contributed by atoms with Crippen molar-refractivity contribution >= 4 is 51.2 Å². The highest BCUT2D eigenvalue weighted by molar-refractivity contribution is 7.19. The molecule has 0 fully saturated rings. The highest BCUT2D eigenvalue weighted by Gasteiger charge is 2.29. The molecule has 30 heavy (non-hydrogen) atoms. The number of carbonyl (C=O) groups is 1. The zero-order valence-electron chi connectivity index (χ0n) is 17.0. The molecule has 0 aliphatic carbocycles. The first-order chi connectivity index (χ1) is 14.2. The molecule has 4 rings (SSSR count). The lowest BCUT2D eigenvalue weighted by atomic mass is 10.1. The van der Waals surface area contributed by atoms with E-state index in [-0.39, 0.29) is 6.09 Å². The van der Waals surface area contributed by atoms with Gasteiger partial charge < -0.3 is 26.1 Å². The average molecular weight is 426 g/mol. The molecule has 0 saturated carbocycles. The maximum Gasteiger partial charge on any atom is 0.410 e. The highest BCUT2D eigenvalue weighted by atomic mass is 32.1. The third-order valence-corrected chi connectivity index (χ3v) is 5.78. The molecule has 1 aliphatic rings. The van der Waals surface area contributed by atoms with Crippen LogP contribution in [0.25, 0.3) is 10.2 Å². The largest absolute Gasteiger partial charge is 0.444 e. The second-order valence-corrected chi connectivity index (χ2v) is 9.11. The Bertz CT molecular complexity index is 1140. The summed E-state index contributed by atoms with van der Waals surface area (Å²) in [4.78, 5) is 29.2. The van der Waals surface area contributed by atoms with Gasteiger partial charge in [-0.1, -0.05) is 0 Å². The van der Waals surface area contributed by atoms with Crippen molar-refractivity contribution in [3.8, 4) is 0 Å². The van der Waals surface area contributed by atoms with Gasteiger partial charge in [-0.3, -0.25) is 0 Å². The van der Waals surface area contributed by atoms with E-state index >= 15 is 0 Å². The number of ether oxygens (including phenoxy) is 1. The minimum absolute atomic E-state index is 0.305. The summed E-state index contributed by atoms with van der Waals surface area (Å²) in [6.07, 6.45) is 4.60. The van der Waals surface area contributed by atoms with Gasteiger partial charge >= 0.3 is 6.09 Å². The lowest BCUT2D eigenvalue weighted by molar-refractivity contribution is 0.0227. The number of thiophene rings is 1. The Morgan fingerprint density at radius 2 is 2.17 bits per heavy atom. The van der Waals surface area contributed by atoms with Gasteiger partial charge in [0.2, 0.25) is 0 Å². The van der Waals surface area contributed by atoms with Gasteiger partial charge in [0, 0.05) is 23.2 Å². The number of nitrogen functional groups attached to an aromatic ring is 1. The number of anilines is 3. The molecule has 0 saturated heterocycles. The van der Waals surface area contributed by atoms with Crippen LogP contribution in [0.5, 0.6) is 0 Å². The molecular formula is C20H23N7O2S. The smallest absolute Gasteiger partial charge is 0.410 e. The zero-order chi connectivity index (χ0) is 21.5. The molecule has 4 heterocycles. The van der Waals surface area contributed by atoms with Gasteiger partial charge in [-0.2, -0.15) is 0 Å². The van der Waals surface area contributed by atoms with E-state index in [4.69, 9.17) is 15.9 Å². The highest BCUT2D eigenvalue weighted by Crippen LogP contribution is 2.38. The Morgan fingerprint density at radius 3 is 2.90 bits per heavy atom. The van der Waals surface area contributed by atoms with E-state index < -0.39 is 5.60 Å². The van der Waals surface area contributed by atoms with Gasteiger partial charge in [0.25, 0.3) is 0 Å². The third kappa shape index (κ3) is 3.90. The third-order valence-electron chi connectivity index (χ3n) is 4.66. The second-order valence-electron chi connectivity index (χ2n) is 8.03. The topological polar surface area (TPSA) is 130 Å². The fourth-order valence-corrected chi connectivity index (χ4v) is 4.50. The van der Waals surface area contributed by atoms with Crippen molar-refractivity contribution in [3.63, 3.8) is 0 Å². The van der Waals surface area contributed by atoms with Crippen LogP contribution in [0.2, 0.25) is 0 Å². The number of nitrogens with two attached hydrogens (primary N) is 1. The number of amides is 1. The summed E-state index contributed by atoms with van der Waals surface area (Å²) < 4.78 is 5.52. The van der Waals surface area contributed by atoms with Crippen LogP contribution in [-0.2, 0) is 17.7 Å². The molecule has 0 unspecified atom stereocenters. The van der Waals surface area contributed by atoms with Gasteiger partial charge in [0.15, 0.2) is 0 Å². The molecule has 156 valence electrons. The fourth-order valence-electron chi connectivity index (χ4n) is 3.30. The number of aromatic nitrogens is 3. The number of nitrogens with zero attached hydrogens (tertiary/aromatic N) is 4. The zero-order valence-corrected chi connectivity index (χ0v) is 17.8. The molecular weight excluding hydrogens is 402 g/mol. The van der Waals surface area contributed by atoms with E-state index in [0.717, 1.165) is 20.7 Å². The van der Waals surface area contributed by atoms with Gasteiger partial charge in [-0.05, 0) is 38.8 Å². The quantitative estimate of drug-likeness (QED) is 0.545. The minimum Gasteiger partial charge on any atom is -0.444 e. The van der Waals surface area contributed by atoms with Gasteiger partial charge in [0.1, 0.15) is 28.4 Å². The monoisotopic (exact) mass is 425 g/mol. The number of pyridine rings is 1. The van der Waals surface area contributed by atoms with Crippen molar-refractivity contribution < 1.29 is 9.53 Å². The summed E-state index contributed by atoms with van der Waals surface area (Å²) in [6.45, 7) is 6.65. The summed E-state index contributed by atoms with van der Waals surface area (Å²) in [5, 5.41) is 11.6. The van der Waals surface area contributed by atoms with Crippen molar-refractivity contribution in [2.45, 2.75) is 39.3 Å². The molecule has 0 atom stereocenters. The summed E-state index contributed by atoms with van der Waals surface area (Å²) in [6, 6.07) is 1.71. The predicted octanol–water partition coefficient (Wildman–Crippen LogP) is 3.70. The van der Waals surface area contributed by atoms with Crippen molar-refractivity contribution in [3.05, 3.63) is 34.6 Å². The number of rotatable bonds is 3. The predicted molar refractivity (Wildman–Crippen MR) is 118 cm³/mol. The SMILES string of the molecule is CC(C)(C)OC(=O)N1CCc2c(sc3ncnc(Nc4cc(C=N)c(N)cn4)c23)C1. The van der Waals surface area contributed by atoms with Gasteiger partial charge in [0.05, 0.1) is 23.8 Å². The Balaban J connectivity index is 1.64. The van der Waals surface area contributed by atoms with E-state index in [1.165, 1.54) is 18.7 Å². The lowest BCUT2D eigenvalue weighted by Gasteiger charge is -2.30. The minimum atomic E-state index is -0.526. The van der Waals surface area contributed by atoms with Crippen LogP contribution in [-0.4, -0.2) is 44.3 Å². The van der Waals surface area contributed by atoms with Crippen LogP contribution in [0.4, 0.5) is 22.1 Å². The summed E-state index contributed by atoms with van der Waals surface area (Å²) >= 11 is 1.56. The van der Waals surface area contributed by atoms with Crippen LogP contribution in [0, 0.1) is 5.41 Å². The lowest BCUT2D eigenvalue weighted by Crippen LogP contribution is -2.39. The van der Waals surface area contributed by atoms with Crippen LogP contribution < -0.4 is 11.1 Å².